The largest absolute Gasteiger partial charge is 0.454 e. The van der Waals surface area contributed by atoms with Crippen molar-refractivity contribution in [2.45, 2.75) is 39.9 Å². The van der Waals surface area contributed by atoms with E-state index in [-0.39, 0.29) is 18.7 Å². The summed E-state index contributed by atoms with van der Waals surface area (Å²) >= 11 is 0. The molecular formula is C24H26N2O3. The highest BCUT2D eigenvalue weighted by molar-refractivity contribution is 5.95. The molecule has 150 valence electrons. The lowest BCUT2D eigenvalue weighted by molar-refractivity contribution is 0.0685. The molecule has 0 spiro atoms. The van der Waals surface area contributed by atoms with E-state index in [0.717, 1.165) is 12.2 Å². The van der Waals surface area contributed by atoms with Gasteiger partial charge in [0.1, 0.15) is 0 Å². The molecule has 0 aliphatic carbocycles. The zero-order valence-corrected chi connectivity index (χ0v) is 17.1. The molecule has 1 aromatic heterocycles. The molecule has 0 bridgehead atoms. The van der Waals surface area contributed by atoms with Gasteiger partial charge in [-0.3, -0.25) is 4.79 Å². The smallest absolute Gasteiger partial charge is 0.254 e. The molecule has 5 heteroatoms. The number of benzene rings is 2. The monoisotopic (exact) mass is 390 g/mol. The molecule has 2 aromatic carbocycles. The van der Waals surface area contributed by atoms with Crippen molar-refractivity contribution in [3.63, 3.8) is 0 Å². The minimum Gasteiger partial charge on any atom is -0.454 e. The van der Waals surface area contributed by atoms with Crippen LogP contribution in [0.15, 0.2) is 60.8 Å². The van der Waals surface area contributed by atoms with Crippen LogP contribution in [-0.4, -0.2) is 28.2 Å². The summed E-state index contributed by atoms with van der Waals surface area (Å²) in [6.07, 6.45) is 2.07. The Bertz CT molecular complexity index is 1010. The van der Waals surface area contributed by atoms with Crippen LogP contribution in [0.4, 0.5) is 0 Å². The highest BCUT2D eigenvalue weighted by atomic mass is 16.7. The van der Waals surface area contributed by atoms with Gasteiger partial charge in [0.15, 0.2) is 11.5 Å². The summed E-state index contributed by atoms with van der Waals surface area (Å²) < 4.78 is 13.0. The summed E-state index contributed by atoms with van der Waals surface area (Å²) in [7, 11) is 0. The fourth-order valence-electron chi connectivity index (χ4n) is 3.50. The molecule has 0 unspecified atom stereocenters. The van der Waals surface area contributed by atoms with Gasteiger partial charge in [-0.15, -0.1) is 0 Å². The molecule has 0 saturated carbocycles. The van der Waals surface area contributed by atoms with Crippen molar-refractivity contribution < 1.29 is 14.3 Å². The predicted octanol–water partition coefficient (Wildman–Crippen LogP) is 4.62. The number of amides is 1. The van der Waals surface area contributed by atoms with Gasteiger partial charge in [0.25, 0.3) is 5.91 Å². The van der Waals surface area contributed by atoms with Gasteiger partial charge in [0.05, 0.1) is 6.54 Å². The van der Waals surface area contributed by atoms with E-state index in [1.54, 1.807) is 18.2 Å². The zero-order valence-electron chi connectivity index (χ0n) is 17.1. The third-order valence-corrected chi connectivity index (χ3v) is 5.23. The molecule has 1 aliphatic rings. The highest BCUT2D eigenvalue weighted by Crippen LogP contribution is 2.33. The fraction of sp³-hybridized carbons (Fsp3) is 0.292. The van der Waals surface area contributed by atoms with E-state index < -0.39 is 0 Å². The van der Waals surface area contributed by atoms with Crippen LogP contribution in [0.3, 0.4) is 0 Å². The highest BCUT2D eigenvalue weighted by Gasteiger charge is 2.23. The molecule has 0 N–H and O–H groups in total. The first-order chi connectivity index (χ1) is 14.0. The van der Waals surface area contributed by atoms with Gasteiger partial charge < -0.3 is 18.9 Å². The Labute approximate surface area is 171 Å². The first kappa shape index (κ1) is 19.1. The second-order valence-corrected chi connectivity index (χ2v) is 7.71. The molecule has 4 rings (SSSR count). The van der Waals surface area contributed by atoms with Gasteiger partial charge in [0, 0.05) is 30.0 Å². The molecule has 29 heavy (non-hydrogen) atoms. The number of nitrogens with zero attached hydrogens (tertiary/aromatic N) is 2. The molecular weight excluding hydrogens is 364 g/mol. The number of aromatic nitrogens is 1. The van der Waals surface area contributed by atoms with Crippen molar-refractivity contribution in [1.29, 1.82) is 0 Å². The van der Waals surface area contributed by atoms with Crippen LogP contribution < -0.4 is 9.47 Å². The number of ether oxygens (including phenoxy) is 2. The SMILES string of the molecule is Cc1ccc(Cn2cccc2CN(C(=O)c2ccc3c(c2)OCO3)C(C)C)cc1. The first-order valence-corrected chi connectivity index (χ1v) is 9.91. The van der Waals surface area contributed by atoms with Crippen LogP contribution in [0.1, 0.15) is 41.0 Å². The van der Waals surface area contributed by atoms with Gasteiger partial charge >= 0.3 is 0 Å². The number of carbonyl (C=O) groups excluding carboxylic acids is 1. The molecule has 0 saturated heterocycles. The second kappa shape index (κ2) is 8.03. The maximum atomic E-state index is 13.2. The molecule has 3 aromatic rings. The molecule has 1 amide bonds. The third-order valence-electron chi connectivity index (χ3n) is 5.23. The lowest BCUT2D eigenvalue weighted by Crippen LogP contribution is -2.37. The summed E-state index contributed by atoms with van der Waals surface area (Å²) in [4.78, 5) is 15.1. The number of aryl methyl sites for hydroxylation is 1. The summed E-state index contributed by atoms with van der Waals surface area (Å²) in [6, 6.07) is 18.1. The standard InChI is InChI=1S/C24H26N2O3/c1-17(2)26(24(27)20-10-11-22-23(13-20)29-16-28-22)15-21-5-4-12-25(21)14-19-8-6-18(3)7-9-19/h4-13,17H,14-16H2,1-3H3. The van der Waals surface area contributed by atoms with Crippen LogP contribution in [0.2, 0.25) is 0 Å². The third kappa shape index (κ3) is 4.14. The van der Waals surface area contributed by atoms with Crippen LogP contribution in [0.25, 0.3) is 0 Å². The minimum atomic E-state index is -0.0126. The summed E-state index contributed by atoms with van der Waals surface area (Å²) in [5, 5.41) is 0. The summed E-state index contributed by atoms with van der Waals surface area (Å²) in [5.41, 5.74) is 4.21. The van der Waals surface area contributed by atoms with Gasteiger partial charge in [0.2, 0.25) is 6.79 Å². The van der Waals surface area contributed by atoms with E-state index in [1.807, 2.05) is 24.8 Å². The van der Waals surface area contributed by atoms with E-state index >= 15 is 0 Å². The number of rotatable bonds is 6. The van der Waals surface area contributed by atoms with Gasteiger partial charge in [-0.25, -0.2) is 0 Å². The fourth-order valence-corrected chi connectivity index (χ4v) is 3.50. The quantitative estimate of drug-likeness (QED) is 0.617. The van der Waals surface area contributed by atoms with Crippen LogP contribution in [0, 0.1) is 6.92 Å². The van der Waals surface area contributed by atoms with Crippen molar-refractivity contribution in [2.24, 2.45) is 0 Å². The van der Waals surface area contributed by atoms with E-state index in [9.17, 15) is 4.79 Å². The molecule has 2 heterocycles. The van der Waals surface area contributed by atoms with Crippen molar-refractivity contribution in [3.8, 4) is 11.5 Å². The molecule has 0 atom stereocenters. The van der Waals surface area contributed by atoms with Gasteiger partial charge in [-0.05, 0) is 56.7 Å². The Morgan fingerprint density at radius 2 is 1.83 bits per heavy atom. The van der Waals surface area contributed by atoms with Crippen LogP contribution in [-0.2, 0) is 13.1 Å². The van der Waals surface area contributed by atoms with Crippen molar-refractivity contribution in [3.05, 3.63) is 83.2 Å². The minimum absolute atomic E-state index is 0.0126. The average molecular weight is 390 g/mol. The predicted molar refractivity (Wildman–Crippen MR) is 112 cm³/mol. The lowest BCUT2D eigenvalue weighted by atomic mass is 10.1. The Balaban J connectivity index is 1.54. The zero-order chi connectivity index (χ0) is 20.4. The molecule has 0 radical (unpaired) electrons. The normalized spacial score (nSPS) is 12.4. The van der Waals surface area contributed by atoms with E-state index in [0.29, 0.717) is 23.6 Å². The Morgan fingerprint density at radius 1 is 1.07 bits per heavy atom. The van der Waals surface area contributed by atoms with E-state index in [4.69, 9.17) is 9.47 Å². The number of hydrogen-bond donors (Lipinski definition) is 0. The van der Waals surface area contributed by atoms with Crippen LogP contribution >= 0.6 is 0 Å². The average Bonchev–Trinajstić information content (AvgIpc) is 3.35. The lowest BCUT2D eigenvalue weighted by Gasteiger charge is -2.27. The van der Waals surface area contributed by atoms with Gasteiger partial charge in [-0.2, -0.15) is 0 Å². The van der Waals surface area contributed by atoms with Crippen LogP contribution in [0.5, 0.6) is 11.5 Å². The maximum absolute atomic E-state index is 13.2. The molecule has 0 fully saturated rings. The summed E-state index contributed by atoms with van der Waals surface area (Å²) in [6.45, 7) is 7.70. The molecule has 5 nitrogen and oxygen atoms in total. The van der Waals surface area contributed by atoms with E-state index in [1.165, 1.54) is 11.1 Å². The Morgan fingerprint density at radius 3 is 2.59 bits per heavy atom. The number of hydrogen-bond acceptors (Lipinski definition) is 3. The topological polar surface area (TPSA) is 43.7 Å². The van der Waals surface area contributed by atoms with Gasteiger partial charge in [-0.1, -0.05) is 29.8 Å². The van der Waals surface area contributed by atoms with E-state index in [2.05, 4.69) is 48.0 Å². The van der Waals surface area contributed by atoms with Crippen molar-refractivity contribution in [1.82, 2.24) is 9.47 Å². The number of carbonyl (C=O) groups is 1. The first-order valence-electron chi connectivity index (χ1n) is 9.91. The summed E-state index contributed by atoms with van der Waals surface area (Å²) in [5.74, 6) is 1.30. The van der Waals surface area contributed by atoms with Crippen molar-refractivity contribution >= 4 is 5.91 Å². The Hall–Kier alpha value is -3.21. The second-order valence-electron chi connectivity index (χ2n) is 7.71. The van der Waals surface area contributed by atoms with Crippen molar-refractivity contribution in [2.75, 3.05) is 6.79 Å². The molecule has 1 aliphatic heterocycles. The Kier molecular flexibility index (Phi) is 5.30. The maximum Gasteiger partial charge on any atom is 0.254 e. The number of fused-ring (bicyclic) bond motifs is 1.